The summed E-state index contributed by atoms with van der Waals surface area (Å²) >= 11 is 12.2. The third-order valence-electron chi connectivity index (χ3n) is 5.61. The van der Waals surface area contributed by atoms with Gasteiger partial charge in [0.05, 0.1) is 22.4 Å². The summed E-state index contributed by atoms with van der Waals surface area (Å²) in [6.07, 6.45) is 0.597. The number of carbonyl (C=O) groups excluding carboxylic acids is 1. The van der Waals surface area contributed by atoms with Crippen LogP contribution >= 0.6 is 23.2 Å². The van der Waals surface area contributed by atoms with Gasteiger partial charge < -0.3 is 14.9 Å². The Morgan fingerprint density at radius 1 is 1.11 bits per heavy atom. The predicted molar refractivity (Wildman–Crippen MR) is 109 cm³/mol. The van der Waals surface area contributed by atoms with Crippen molar-refractivity contribution in [2.24, 2.45) is 5.92 Å². The molecular weight excluding hydrogens is 425 g/mol. The monoisotopic (exact) mass is 449 g/mol. The van der Waals surface area contributed by atoms with Crippen LogP contribution in [0.25, 0.3) is 0 Å². The highest BCUT2D eigenvalue weighted by Crippen LogP contribution is 2.37. The summed E-state index contributed by atoms with van der Waals surface area (Å²) in [7, 11) is -3.24. The summed E-state index contributed by atoms with van der Waals surface area (Å²) < 4.78 is 24.7. The van der Waals surface area contributed by atoms with Crippen molar-refractivity contribution in [1.29, 1.82) is 0 Å². The van der Waals surface area contributed by atoms with E-state index >= 15 is 0 Å². The Morgan fingerprint density at radius 3 is 2.29 bits per heavy atom. The van der Waals surface area contributed by atoms with Crippen LogP contribution in [0.5, 0.6) is 0 Å². The molecule has 3 unspecified atom stereocenters. The van der Waals surface area contributed by atoms with E-state index in [9.17, 15) is 18.3 Å². The van der Waals surface area contributed by atoms with Gasteiger partial charge in [-0.3, -0.25) is 0 Å². The van der Waals surface area contributed by atoms with Crippen LogP contribution in [0, 0.1) is 5.92 Å². The first kappa shape index (κ1) is 21.6. The minimum absolute atomic E-state index is 0.0453. The molecule has 0 aliphatic carbocycles. The predicted octanol–water partition coefficient (Wildman–Crippen LogP) is 2.09. The SMILES string of the molecule is CC(O)C1CN(C(=O)N2CCN(S(C)(=O)=O)CC2)CC1c1ccc(Cl)c(Cl)c1. The van der Waals surface area contributed by atoms with E-state index in [0.29, 0.717) is 49.3 Å². The molecule has 2 aliphatic heterocycles. The highest BCUT2D eigenvalue weighted by atomic mass is 35.5. The van der Waals surface area contributed by atoms with E-state index in [0.717, 1.165) is 5.56 Å². The van der Waals surface area contributed by atoms with Crippen LogP contribution in [0.1, 0.15) is 18.4 Å². The first-order chi connectivity index (χ1) is 13.1. The van der Waals surface area contributed by atoms with Crippen LogP contribution in [-0.2, 0) is 10.0 Å². The molecule has 2 saturated heterocycles. The van der Waals surface area contributed by atoms with Gasteiger partial charge >= 0.3 is 6.03 Å². The Hall–Kier alpha value is -1.06. The molecule has 10 heteroatoms. The summed E-state index contributed by atoms with van der Waals surface area (Å²) in [5.41, 5.74) is 0.942. The lowest BCUT2D eigenvalue weighted by molar-refractivity contribution is 0.115. The minimum Gasteiger partial charge on any atom is -0.393 e. The lowest BCUT2D eigenvalue weighted by Crippen LogP contribution is -2.53. The zero-order valence-corrected chi connectivity index (χ0v) is 18.2. The molecule has 2 amide bonds. The molecule has 0 radical (unpaired) electrons. The molecule has 2 heterocycles. The summed E-state index contributed by atoms with van der Waals surface area (Å²) in [6, 6.07) is 5.28. The van der Waals surface area contributed by atoms with Gasteiger partial charge in [-0.25, -0.2) is 13.2 Å². The number of sulfonamides is 1. The smallest absolute Gasteiger partial charge is 0.320 e. The number of piperazine rings is 1. The van der Waals surface area contributed by atoms with E-state index in [-0.39, 0.29) is 17.9 Å². The third-order valence-corrected chi connectivity index (χ3v) is 7.65. The number of halogens is 2. The number of aliphatic hydroxyl groups excluding tert-OH is 1. The molecule has 1 N–H and O–H groups in total. The fourth-order valence-electron chi connectivity index (χ4n) is 3.98. The summed E-state index contributed by atoms with van der Waals surface area (Å²) in [5.74, 6) is -0.158. The van der Waals surface area contributed by atoms with E-state index in [2.05, 4.69) is 0 Å². The van der Waals surface area contributed by atoms with Crippen molar-refractivity contribution in [3.8, 4) is 0 Å². The number of urea groups is 1. The van der Waals surface area contributed by atoms with Crippen molar-refractivity contribution >= 4 is 39.3 Å². The number of carbonyl (C=O) groups is 1. The molecular formula is C18H25Cl2N3O4S. The molecule has 2 fully saturated rings. The number of nitrogens with zero attached hydrogens (tertiary/aromatic N) is 3. The molecule has 0 spiro atoms. The van der Waals surface area contributed by atoms with Crippen molar-refractivity contribution < 1.29 is 18.3 Å². The second kappa shape index (κ2) is 8.36. The highest BCUT2D eigenvalue weighted by molar-refractivity contribution is 7.88. The Morgan fingerprint density at radius 2 is 1.75 bits per heavy atom. The van der Waals surface area contributed by atoms with Crippen LogP contribution in [0.2, 0.25) is 10.0 Å². The molecule has 2 aliphatic rings. The van der Waals surface area contributed by atoms with E-state index < -0.39 is 16.1 Å². The molecule has 3 rings (SSSR count). The van der Waals surface area contributed by atoms with Crippen molar-refractivity contribution in [2.75, 3.05) is 45.5 Å². The van der Waals surface area contributed by atoms with Gasteiger partial charge in [0.15, 0.2) is 0 Å². The van der Waals surface area contributed by atoms with Gasteiger partial charge in [-0.2, -0.15) is 4.31 Å². The second-order valence-electron chi connectivity index (χ2n) is 7.52. The molecule has 1 aromatic rings. The Kier molecular flexibility index (Phi) is 6.46. The zero-order valence-electron chi connectivity index (χ0n) is 15.9. The number of hydrogen-bond donors (Lipinski definition) is 1. The summed E-state index contributed by atoms with van der Waals surface area (Å²) in [5, 5.41) is 11.2. The highest BCUT2D eigenvalue weighted by Gasteiger charge is 2.40. The van der Waals surface area contributed by atoms with E-state index in [1.165, 1.54) is 10.6 Å². The average molecular weight is 450 g/mol. The molecule has 0 saturated carbocycles. The Balaban J connectivity index is 1.71. The van der Waals surface area contributed by atoms with Crippen molar-refractivity contribution in [3.05, 3.63) is 33.8 Å². The van der Waals surface area contributed by atoms with Crippen molar-refractivity contribution in [3.63, 3.8) is 0 Å². The number of hydrogen-bond acceptors (Lipinski definition) is 4. The Labute approximate surface area is 175 Å². The van der Waals surface area contributed by atoms with Crippen LogP contribution < -0.4 is 0 Å². The van der Waals surface area contributed by atoms with Gasteiger partial charge in [-0.05, 0) is 24.6 Å². The van der Waals surface area contributed by atoms with Gasteiger partial charge in [0, 0.05) is 51.1 Å². The van der Waals surface area contributed by atoms with E-state index in [1.54, 1.807) is 28.9 Å². The number of aliphatic hydroxyl groups is 1. The second-order valence-corrected chi connectivity index (χ2v) is 10.3. The molecule has 0 aromatic heterocycles. The fourth-order valence-corrected chi connectivity index (χ4v) is 5.11. The third kappa shape index (κ3) is 4.57. The maximum absolute atomic E-state index is 13.0. The molecule has 156 valence electrons. The van der Waals surface area contributed by atoms with Crippen molar-refractivity contribution in [1.82, 2.24) is 14.1 Å². The molecule has 0 bridgehead atoms. The molecule has 28 heavy (non-hydrogen) atoms. The van der Waals surface area contributed by atoms with Crippen LogP contribution in [0.15, 0.2) is 18.2 Å². The summed E-state index contributed by atoms with van der Waals surface area (Å²) in [6.45, 7) is 3.96. The standard InChI is InChI=1S/C18H25Cl2N3O4S/c1-12(24)14-10-22(11-15(14)13-3-4-16(19)17(20)9-13)18(25)21-5-7-23(8-6-21)28(2,26)27/h3-4,9,12,14-15,24H,5-8,10-11H2,1-2H3. The van der Waals surface area contributed by atoms with Gasteiger partial charge in [0.2, 0.25) is 10.0 Å². The van der Waals surface area contributed by atoms with Gasteiger partial charge in [-0.1, -0.05) is 29.3 Å². The van der Waals surface area contributed by atoms with Crippen molar-refractivity contribution in [2.45, 2.75) is 18.9 Å². The Bertz CT molecular complexity index is 841. The van der Waals surface area contributed by atoms with Gasteiger partial charge in [-0.15, -0.1) is 0 Å². The lowest BCUT2D eigenvalue weighted by atomic mass is 9.86. The van der Waals surface area contributed by atoms with E-state index in [1.807, 2.05) is 6.07 Å². The molecule has 1 aromatic carbocycles. The number of amides is 2. The fraction of sp³-hybridized carbons (Fsp3) is 0.611. The number of benzene rings is 1. The topological polar surface area (TPSA) is 81.2 Å². The zero-order chi connectivity index (χ0) is 20.6. The first-order valence-corrected chi connectivity index (χ1v) is 11.8. The normalized spacial score (nSPS) is 25.2. The van der Waals surface area contributed by atoms with E-state index in [4.69, 9.17) is 23.2 Å². The first-order valence-electron chi connectivity index (χ1n) is 9.20. The van der Waals surface area contributed by atoms with Gasteiger partial charge in [0.1, 0.15) is 0 Å². The van der Waals surface area contributed by atoms with Crippen LogP contribution in [0.3, 0.4) is 0 Å². The maximum atomic E-state index is 13.0. The number of rotatable bonds is 3. The van der Waals surface area contributed by atoms with Crippen LogP contribution in [0.4, 0.5) is 4.79 Å². The molecule has 3 atom stereocenters. The summed E-state index contributed by atoms with van der Waals surface area (Å²) in [4.78, 5) is 16.4. The van der Waals surface area contributed by atoms with Gasteiger partial charge in [0.25, 0.3) is 0 Å². The minimum atomic E-state index is -3.24. The largest absolute Gasteiger partial charge is 0.393 e. The quantitative estimate of drug-likeness (QED) is 0.765. The molecule has 7 nitrogen and oxygen atoms in total. The van der Waals surface area contributed by atoms with Crippen LogP contribution in [-0.4, -0.2) is 85.3 Å². The lowest BCUT2D eigenvalue weighted by Gasteiger charge is -2.35. The average Bonchev–Trinajstić information content (AvgIpc) is 3.08. The number of likely N-dealkylation sites (tertiary alicyclic amines) is 1. The maximum Gasteiger partial charge on any atom is 0.320 e.